The summed E-state index contributed by atoms with van der Waals surface area (Å²) in [4.78, 5) is 5.55. The second-order valence-electron chi connectivity index (χ2n) is 7.38. The van der Waals surface area contributed by atoms with E-state index in [-0.39, 0.29) is 4.90 Å². The van der Waals surface area contributed by atoms with Gasteiger partial charge in [0.1, 0.15) is 18.0 Å². The molecule has 0 spiro atoms. The monoisotopic (exact) mass is 427 g/mol. The van der Waals surface area contributed by atoms with Gasteiger partial charge in [0, 0.05) is 35.3 Å². The highest BCUT2D eigenvalue weighted by molar-refractivity contribution is 7.89. The molecule has 8 heteroatoms. The van der Waals surface area contributed by atoms with Crippen molar-refractivity contribution in [3.8, 4) is 0 Å². The Hall–Kier alpha value is -2.71. The summed E-state index contributed by atoms with van der Waals surface area (Å²) in [7, 11) is -3.63. The third kappa shape index (κ3) is 3.61. The van der Waals surface area contributed by atoms with Gasteiger partial charge < -0.3 is 10.0 Å². The third-order valence-corrected chi connectivity index (χ3v) is 7.42. The first-order valence-electron chi connectivity index (χ1n) is 10.2. The Kier molecular flexibility index (Phi) is 5.87. The normalized spacial score (nSPS) is 19.9. The molecule has 1 N–H and O–H groups in total. The molecule has 0 saturated carbocycles. The van der Waals surface area contributed by atoms with Crippen molar-refractivity contribution in [3.63, 3.8) is 0 Å². The van der Waals surface area contributed by atoms with Crippen LogP contribution in [0.1, 0.15) is 54.9 Å². The summed E-state index contributed by atoms with van der Waals surface area (Å²) < 4.78 is 28.2. The molecule has 1 saturated heterocycles. The van der Waals surface area contributed by atoms with Gasteiger partial charge in [-0.1, -0.05) is 53.5 Å². The maximum atomic E-state index is 13.3. The molecular formula is C22H25N3O4S. The number of nitrogens with zero attached hydrogens (tertiary/aromatic N) is 3. The van der Waals surface area contributed by atoms with Crippen molar-refractivity contribution in [2.75, 3.05) is 19.7 Å². The zero-order valence-corrected chi connectivity index (χ0v) is 17.7. The maximum Gasteiger partial charge on any atom is 0.243 e. The van der Waals surface area contributed by atoms with Gasteiger partial charge in [-0.05, 0) is 31.9 Å². The smallest absolute Gasteiger partial charge is 0.243 e. The van der Waals surface area contributed by atoms with Crippen LogP contribution in [0.3, 0.4) is 0 Å². The molecule has 1 fully saturated rings. The zero-order valence-electron chi connectivity index (χ0n) is 16.9. The Morgan fingerprint density at radius 2 is 1.57 bits per heavy atom. The van der Waals surface area contributed by atoms with Crippen molar-refractivity contribution in [1.29, 1.82) is 0 Å². The molecule has 158 valence electrons. The average molecular weight is 428 g/mol. The molecule has 30 heavy (non-hydrogen) atoms. The second-order valence-corrected chi connectivity index (χ2v) is 9.32. The molecule has 1 heterocycles. The Morgan fingerprint density at radius 3 is 2.20 bits per heavy atom. The molecule has 0 atom stereocenters. The number of oxime groups is 2. The van der Waals surface area contributed by atoms with Crippen LogP contribution in [0, 0.1) is 0 Å². The summed E-state index contributed by atoms with van der Waals surface area (Å²) in [6.07, 6.45) is 3.84. The molecule has 2 aromatic carbocycles. The fourth-order valence-electron chi connectivity index (χ4n) is 4.04. The summed E-state index contributed by atoms with van der Waals surface area (Å²) in [6, 6.07) is 12.3. The van der Waals surface area contributed by atoms with Crippen molar-refractivity contribution in [1.82, 2.24) is 4.31 Å². The van der Waals surface area contributed by atoms with Crippen LogP contribution in [0.25, 0.3) is 0 Å². The molecule has 2 aromatic rings. The first kappa shape index (κ1) is 20.6. The lowest BCUT2D eigenvalue weighted by Crippen LogP contribution is -2.32. The molecule has 0 aromatic heterocycles. The summed E-state index contributed by atoms with van der Waals surface area (Å²) in [5.41, 5.74) is 3.55. The fourth-order valence-corrected chi connectivity index (χ4v) is 5.58. The summed E-state index contributed by atoms with van der Waals surface area (Å²) >= 11 is 0. The lowest BCUT2D eigenvalue weighted by molar-refractivity contribution is 0.159. The van der Waals surface area contributed by atoms with E-state index < -0.39 is 10.0 Å². The van der Waals surface area contributed by atoms with E-state index in [1.54, 1.807) is 22.5 Å². The average Bonchev–Trinajstić information content (AvgIpc) is 3.06. The van der Waals surface area contributed by atoms with E-state index in [9.17, 15) is 13.6 Å². The minimum Gasteiger partial charge on any atom is -0.410 e. The minimum atomic E-state index is -3.63. The van der Waals surface area contributed by atoms with E-state index in [1.165, 1.54) is 0 Å². The number of rotatable bonds is 4. The number of hydrogen-bond donors (Lipinski definition) is 1. The number of sulfonamides is 1. The zero-order chi connectivity index (χ0) is 21.1. The van der Waals surface area contributed by atoms with E-state index >= 15 is 0 Å². The van der Waals surface area contributed by atoms with Crippen molar-refractivity contribution in [2.45, 2.75) is 37.5 Å². The second kappa shape index (κ2) is 8.57. The fraction of sp³-hybridized carbons (Fsp3) is 0.364. The van der Waals surface area contributed by atoms with E-state index in [4.69, 9.17) is 4.84 Å². The predicted octanol–water partition coefficient (Wildman–Crippen LogP) is 3.58. The molecule has 7 nitrogen and oxygen atoms in total. The number of fused-ring (bicyclic) bond motifs is 2. The van der Waals surface area contributed by atoms with Crippen LogP contribution in [-0.4, -0.2) is 49.1 Å². The minimum absolute atomic E-state index is 0.212. The number of benzene rings is 2. The first-order valence-corrected chi connectivity index (χ1v) is 11.7. The highest BCUT2D eigenvalue weighted by Crippen LogP contribution is 2.31. The van der Waals surface area contributed by atoms with Crippen molar-refractivity contribution >= 4 is 21.4 Å². The maximum absolute atomic E-state index is 13.3. The van der Waals surface area contributed by atoms with Crippen LogP contribution in [-0.2, 0) is 14.9 Å². The Labute approximate surface area is 176 Å². The first-order chi connectivity index (χ1) is 14.6. The van der Waals surface area contributed by atoms with Crippen LogP contribution < -0.4 is 0 Å². The largest absolute Gasteiger partial charge is 0.410 e. The lowest BCUT2D eigenvalue weighted by atomic mass is 9.83. The van der Waals surface area contributed by atoms with Gasteiger partial charge in [-0.2, -0.15) is 4.31 Å². The predicted molar refractivity (Wildman–Crippen MR) is 115 cm³/mol. The summed E-state index contributed by atoms with van der Waals surface area (Å²) in [6.45, 7) is 3.28. The Balaban J connectivity index is 1.86. The number of hydrogen-bond acceptors (Lipinski definition) is 6. The molecule has 0 bridgehead atoms. The van der Waals surface area contributed by atoms with Crippen molar-refractivity contribution < 1.29 is 18.5 Å². The van der Waals surface area contributed by atoms with E-state index in [1.807, 2.05) is 31.2 Å². The summed E-state index contributed by atoms with van der Waals surface area (Å²) in [5, 5.41) is 17.5. The van der Waals surface area contributed by atoms with Gasteiger partial charge in [0.25, 0.3) is 0 Å². The van der Waals surface area contributed by atoms with Crippen LogP contribution in [0.15, 0.2) is 57.7 Å². The van der Waals surface area contributed by atoms with Crippen LogP contribution in [0.5, 0.6) is 0 Å². The molecule has 1 aliphatic carbocycles. The molecule has 4 rings (SSSR count). The van der Waals surface area contributed by atoms with Gasteiger partial charge in [-0.25, -0.2) is 8.42 Å². The van der Waals surface area contributed by atoms with Crippen molar-refractivity contribution in [3.05, 3.63) is 64.7 Å². The Morgan fingerprint density at radius 1 is 0.933 bits per heavy atom. The summed E-state index contributed by atoms with van der Waals surface area (Å²) in [5.74, 6) is 0. The molecule has 0 amide bonds. The molecule has 0 unspecified atom stereocenters. The van der Waals surface area contributed by atoms with Crippen molar-refractivity contribution in [2.24, 2.45) is 10.3 Å². The van der Waals surface area contributed by atoms with Gasteiger partial charge in [0.05, 0.1) is 4.90 Å². The van der Waals surface area contributed by atoms with Gasteiger partial charge in [-0.15, -0.1) is 0 Å². The van der Waals surface area contributed by atoms with Crippen LogP contribution in [0.4, 0.5) is 0 Å². The van der Waals surface area contributed by atoms with Gasteiger partial charge in [-0.3, -0.25) is 0 Å². The van der Waals surface area contributed by atoms with Gasteiger partial charge >= 0.3 is 0 Å². The quantitative estimate of drug-likeness (QED) is 0.509. The molecule has 1 aliphatic heterocycles. The topological polar surface area (TPSA) is 91.6 Å². The standard InChI is InChI=1S/C22H25N3O4S/c1-2-29-24-22-18-10-6-5-9-17(18)21(23-26)19-12-11-16(15-20(19)22)30(27,28)25-13-7-3-4-8-14-25/h5-6,9-12,15,26H,2-4,7-8,13-14H2,1H3/b23-21-,24-22+. The SMILES string of the molecule is CCO/N=C1\c2ccccc2/C(=N/O)c2ccc(S(=O)(=O)N3CCCCCC3)cc21. The molecule has 0 radical (unpaired) electrons. The van der Waals surface area contributed by atoms with E-state index in [0.29, 0.717) is 47.8 Å². The van der Waals surface area contributed by atoms with Crippen LogP contribution >= 0.6 is 0 Å². The lowest BCUT2D eigenvalue weighted by Gasteiger charge is -2.24. The third-order valence-electron chi connectivity index (χ3n) is 5.53. The molecular weight excluding hydrogens is 402 g/mol. The van der Waals surface area contributed by atoms with Crippen LogP contribution in [0.2, 0.25) is 0 Å². The van der Waals surface area contributed by atoms with Gasteiger partial charge in [0.2, 0.25) is 10.0 Å². The van der Waals surface area contributed by atoms with Gasteiger partial charge in [0.15, 0.2) is 0 Å². The highest BCUT2D eigenvalue weighted by atomic mass is 32.2. The van der Waals surface area contributed by atoms with E-state index in [0.717, 1.165) is 31.2 Å². The molecule has 2 aliphatic rings. The van der Waals surface area contributed by atoms with E-state index in [2.05, 4.69) is 10.3 Å². The Bertz CT molecular complexity index is 1100. The highest BCUT2D eigenvalue weighted by Gasteiger charge is 2.31.